The number of aliphatic hydroxyl groups is 1. The molecule has 2 aliphatic carbocycles. The van der Waals surface area contributed by atoms with Crippen LogP contribution in [0, 0.1) is 16.7 Å². The van der Waals surface area contributed by atoms with E-state index in [4.69, 9.17) is 5.11 Å². The van der Waals surface area contributed by atoms with E-state index >= 15 is 0 Å². The molecule has 0 aromatic carbocycles. The lowest BCUT2D eigenvalue weighted by molar-refractivity contribution is -0.137. The third-order valence-corrected chi connectivity index (χ3v) is 8.40. The highest BCUT2D eigenvalue weighted by molar-refractivity contribution is 5.66. The molecule has 2 fully saturated rings. The van der Waals surface area contributed by atoms with Crippen molar-refractivity contribution in [1.29, 1.82) is 0 Å². The summed E-state index contributed by atoms with van der Waals surface area (Å²) in [6, 6.07) is 0. The third kappa shape index (κ3) is 9.68. The summed E-state index contributed by atoms with van der Waals surface area (Å²) in [6.45, 7) is 9.15. The zero-order valence-electron chi connectivity index (χ0n) is 21.1. The molecule has 0 aromatic heterocycles. The Hall–Kier alpha value is -0.830. The fourth-order valence-corrected chi connectivity index (χ4v) is 5.51. The zero-order valence-corrected chi connectivity index (χ0v) is 21.1. The van der Waals surface area contributed by atoms with Crippen molar-refractivity contribution in [1.82, 2.24) is 0 Å². The Balaban J connectivity index is 0.000000361. The van der Waals surface area contributed by atoms with Crippen molar-refractivity contribution in [3.05, 3.63) is 12.2 Å². The van der Waals surface area contributed by atoms with Crippen LogP contribution in [0.5, 0.6) is 0 Å². The highest BCUT2D eigenvalue weighted by Crippen LogP contribution is 2.65. The Morgan fingerprint density at radius 1 is 0.871 bits per heavy atom. The van der Waals surface area contributed by atoms with E-state index in [-0.39, 0.29) is 11.5 Å². The number of carbonyl (C=O) groups is 1. The number of rotatable bonds is 15. The highest BCUT2D eigenvalue weighted by Gasteiger charge is 2.60. The third-order valence-electron chi connectivity index (χ3n) is 8.40. The molecule has 0 radical (unpaired) electrons. The van der Waals surface area contributed by atoms with Crippen LogP contribution < -0.4 is 0 Å². The first-order valence-electron chi connectivity index (χ1n) is 13.3. The van der Waals surface area contributed by atoms with E-state index < -0.39 is 5.97 Å². The molecule has 2 bridgehead atoms. The Labute approximate surface area is 193 Å². The van der Waals surface area contributed by atoms with Crippen LogP contribution in [0.1, 0.15) is 137 Å². The van der Waals surface area contributed by atoms with Gasteiger partial charge in [-0.05, 0) is 68.1 Å². The Morgan fingerprint density at radius 3 is 1.77 bits per heavy atom. The molecule has 2 saturated carbocycles. The molecule has 2 rings (SSSR count). The lowest BCUT2D eigenvalue weighted by atomic mass is 9.70. The number of fused-ring (bicyclic) bond motifs is 2. The number of unbranched alkanes of at least 4 members (excludes halogenated alkanes) is 11. The van der Waals surface area contributed by atoms with Crippen LogP contribution in [0.15, 0.2) is 12.2 Å². The number of hydrogen-bond acceptors (Lipinski definition) is 2. The van der Waals surface area contributed by atoms with Crippen molar-refractivity contribution in [2.24, 2.45) is 16.7 Å². The first-order valence-corrected chi connectivity index (χ1v) is 13.3. The van der Waals surface area contributed by atoms with Crippen LogP contribution in [0.2, 0.25) is 0 Å². The molecule has 3 unspecified atom stereocenters. The van der Waals surface area contributed by atoms with E-state index in [1.807, 2.05) is 0 Å². The topological polar surface area (TPSA) is 57.5 Å². The lowest BCUT2D eigenvalue weighted by Gasteiger charge is -2.36. The fourth-order valence-electron chi connectivity index (χ4n) is 5.51. The maximum absolute atomic E-state index is 10.3. The second-order valence-corrected chi connectivity index (χ2v) is 10.9. The minimum Gasteiger partial charge on any atom is -0.481 e. The van der Waals surface area contributed by atoms with Crippen LogP contribution >= 0.6 is 0 Å². The van der Waals surface area contributed by atoms with Crippen LogP contribution in [-0.2, 0) is 4.79 Å². The summed E-state index contributed by atoms with van der Waals surface area (Å²) in [5, 5.41) is 18.3. The summed E-state index contributed by atoms with van der Waals surface area (Å²) < 4.78 is 0. The van der Waals surface area contributed by atoms with Crippen molar-refractivity contribution >= 4 is 5.97 Å². The van der Waals surface area contributed by atoms with Crippen molar-refractivity contribution < 1.29 is 15.0 Å². The predicted octanol–water partition coefficient (Wildman–Crippen LogP) is 8.30. The zero-order chi connectivity index (χ0) is 23.2. The second-order valence-electron chi connectivity index (χ2n) is 10.9. The van der Waals surface area contributed by atoms with Gasteiger partial charge in [-0.15, -0.1) is 0 Å². The molecule has 2 N–H and O–H groups in total. The molecule has 0 aromatic rings. The number of carboxylic acid groups (broad SMARTS) is 1. The molecule has 3 nitrogen and oxygen atoms in total. The van der Waals surface area contributed by atoms with E-state index in [1.54, 1.807) is 0 Å². The molecule has 0 aliphatic heterocycles. The fraction of sp³-hybridized carbons (Fsp3) is 0.893. The minimum absolute atomic E-state index is 0.0313. The van der Waals surface area contributed by atoms with Gasteiger partial charge >= 0.3 is 5.97 Å². The maximum atomic E-state index is 10.3. The number of aliphatic hydroxyl groups excluding tert-OH is 1. The number of hydrogen-bond donors (Lipinski definition) is 2. The first-order chi connectivity index (χ1) is 14.8. The van der Waals surface area contributed by atoms with Crippen LogP contribution in [0.4, 0.5) is 0 Å². The quantitative estimate of drug-likeness (QED) is 0.200. The van der Waals surface area contributed by atoms with Gasteiger partial charge in [-0.2, -0.15) is 0 Å². The van der Waals surface area contributed by atoms with Gasteiger partial charge in [0.25, 0.3) is 0 Å². The largest absolute Gasteiger partial charge is 0.481 e. The SMILES string of the molecule is CC1(C)C2CCC1(C)C(O)C2.CCCCCCCC/C=C\CCCCCCCC(=O)O. The lowest BCUT2D eigenvalue weighted by Crippen LogP contribution is -2.35. The molecule has 182 valence electrons. The molecule has 3 heteroatoms. The van der Waals surface area contributed by atoms with Gasteiger partial charge in [0.05, 0.1) is 6.10 Å². The number of aliphatic carboxylic acids is 1. The molecular formula is C28H52O3. The van der Waals surface area contributed by atoms with Crippen molar-refractivity contribution in [3.63, 3.8) is 0 Å². The summed E-state index contributed by atoms with van der Waals surface area (Å²) in [4.78, 5) is 10.3. The van der Waals surface area contributed by atoms with Gasteiger partial charge in [-0.1, -0.05) is 91.2 Å². The summed E-state index contributed by atoms with van der Waals surface area (Å²) in [5.74, 6) is 0.116. The van der Waals surface area contributed by atoms with E-state index in [9.17, 15) is 9.90 Å². The van der Waals surface area contributed by atoms with Crippen LogP contribution in [-0.4, -0.2) is 22.3 Å². The average molecular weight is 437 g/mol. The summed E-state index contributed by atoms with van der Waals surface area (Å²) in [6.07, 6.45) is 24.8. The average Bonchev–Trinajstić information content (AvgIpc) is 3.04. The Morgan fingerprint density at radius 2 is 1.39 bits per heavy atom. The Kier molecular flexibility index (Phi) is 13.7. The molecular weight excluding hydrogens is 384 g/mol. The molecule has 0 heterocycles. The monoisotopic (exact) mass is 436 g/mol. The molecule has 3 atom stereocenters. The van der Waals surface area contributed by atoms with Gasteiger partial charge in [0.2, 0.25) is 0 Å². The summed E-state index contributed by atoms with van der Waals surface area (Å²) in [5.41, 5.74) is 0.601. The van der Waals surface area contributed by atoms with E-state index in [2.05, 4.69) is 39.8 Å². The van der Waals surface area contributed by atoms with Crippen molar-refractivity contribution in [3.8, 4) is 0 Å². The summed E-state index contributed by atoms with van der Waals surface area (Å²) >= 11 is 0. The minimum atomic E-state index is -0.664. The van der Waals surface area contributed by atoms with Gasteiger partial charge in [0, 0.05) is 6.42 Å². The Bertz CT molecular complexity index is 510. The highest BCUT2D eigenvalue weighted by atomic mass is 16.4. The first kappa shape index (κ1) is 28.2. The normalized spacial score (nSPS) is 26.2. The van der Waals surface area contributed by atoms with Gasteiger partial charge < -0.3 is 10.2 Å². The van der Waals surface area contributed by atoms with E-state index in [0.717, 1.165) is 25.2 Å². The summed E-state index contributed by atoms with van der Waals surface area (Å²) in [7, 11) is 0. The maximum Gasteiger partial charge on any atom is 0.303 e. The van der Waals surface area contributed by atoms with E-state index in [0.29, 0.717) is 11.8 Å². The van der Waals surface area contributed by atoms with Crippen molar-refractivity contribution in [2.45, 2.75) is 143 Å². The van der Waals surface area contributed by atoms with E-state index in [1.165, 1.54) is 83.5 Å². The molecule has 0 spiro atoms. The van der Waals surface area contributed by atoms with Gasteiger partial charge in [0.15, 0.2) is 0 Å². The number of carboxylic acids is 1. The van der Waals surface area contributed by atoms with Gasteiger partial charge in [0.1, 0.15) is 0 Å². The van der Waals surface area contributed by atoms with Crippen molar-refractivity contribution in [2.75, 3.05) is 0 Å². The second kappa shape index (κ2) is 15.1. The molecule has 0 saturated heterocycles. The van der Waals surface area contributed by atoms with Gasteiger partial charge in [-0.25, -0.2) is 0 Å². The molecule has 0 amide bonds. The number of allylic oxidation sites excluding steroid dienone is 2. The van der Waals surface area contributed by atoms with Crippen LogP contribution in [0.3, 0.4) is 0 Å². The van der Waals surface area contributed by atoms with Crippen LogP contribution in [0.25, 0.3) is 0 Å². The molecule has 31 heavy (non-hydrogen) atoms. The molecule has 2 aliphatic rings. The predicted molar refractivity (Wildman–Crippen MR) is 132 cm³/mol. The van der Waals surface area contributed by atoms with Gasteiger partial charge in [-0.3, -0.25) is 4.79 Å². The smallest absolute Gasteiger partial charge is 0.303 e. The standard InChI is InChI=1S/C18H34O2.C10H18O/c1-2-3-4-5-6-7-8-9-10-11-12-13-14-15-16-17-18(19)20;1-9(2)7-4-5-10(9,3)8(11)6-7/h9-10H,2-8,11-17H2,1H3,(H,19,20);7-8,11H,4-6H2,1-3H3/b10-9-;.